The Balaban J connectivity index is 2.28. The van der Waals surface area contributed by atoms with Crippen LogP contribution in [0.2, 0.25) is 0 Å². The van der Waals surface area contributed by atoms with Gasteiger partial charge < -0.3 is 29.3 Å². The molecule has 1 heterocycles. The van der Waals surface area contributed by atoms with Crippen molar-refractivity contribution in [3.05, 3.63) is 28.7 Å². The maximum atomic E-state index is 12.7. The second-order valence-electron chi connectivity index (χ2n) is 5.64. The normalized spacial score (nSPS) is 16.4. The number of ether oxygens (including phenoxy) is 2. The summed E-state index contributed by atoms with van der Waals surface area (Å²) in [4.78, 5) is 35.8. The summed E-state index contributed by atoms with van der Waals surface area (Å²) in [6.45, 7) is 2.30. The Bertz CT molecular complexity index is 837. The van der Waals surface area contributed by atoms with Gasteiger partial charge in [-0.3, -0.25) is 9.69 Å². The van der Waals surface area contributed by atoms with Crippen molar-refractivity contribution >= 4 is 52.2 Å². The van der Waals surface area contributed by atoms with Crippen LogP contribution in [0.25, 0.3) is 6.08 Å². The Kier molecular flexibility index (Phi) is 7.41. The molecule has 0 N–H and O–H groups in total. The molecule has 150 valence electrons. The van der Waals surface area contributed by atoms with Gasteiger partial charge >= 0.3 is 0 Å². The molecule has 1 aliphatic rings. The second kappa shape index (κ2) is 9.56. The molecule has 1 aliphatic heterocycles. The van der Waals surface area contributed by atoms with Crippen molar-refractivity contribution in [2.75, 3.05) is 13.7 Å². The maximum absolute atomic E-state index is 12.7. The molecule has 0 radical (unpaired) electrons. The molecule has 28 heavy (non-hydrogen) atoms. The number of hydrogen-bond donors (Lipinski definition) is 0. The average molecular weight is 423 g/mol. The van der Waals surface area contributed by atoms with Crippen molar-refractivity contribution < 1.29 is 34.1 Å². The van der Waals surface area contributed by atoms with Gasteiger partial charge in [-0.1, -0.05) is 30.0 Å². The first kappa shape index (κ1) is 21.7. The third-order valence-electron chi connectivity index (χ3n) is 3.81. The fourth-order valence-electron chi connectivity index (χ4n) is 2.56. The fraction of sp³-hybridized carbons (Fsp3) is 0.333. The summed E-state index contributed by atoms with van der Waals surface area (Å²) < 4.78 is 10.7. The van der Waals surface area contributed by atoms with E-state index in [1.54, 1.807) is 24.3 Å². The maximum Gasteiger partial charge on any atom is 0.266 e. The number of carbonyl (C=O) groups excluding carboxylic acids is 3. The van der Waals surface area contributed by atoms with Crippen molar-refractivity contribution in [3.63, 3.8) is 0 Å². The Morgan fingerprint density at radius 2 is 2.04 bits per heavy atom. The Morgan fingerprint density at radius 3 is 2.61 bits per heavy atom. The molecule has 1 amide bonds. The first-order valence-electron chi connectivity index (χ1n) is 8.27. The van der Waals surface area contributed by atoms with E-state index in [2.05, 4.69) is 0 Å². The lowest BCUT2D eigenvalue weighted by Gasteiger charge is -2.27. The zero-order valence-electron chi connectivity index (χ0n) is 15.1. The molecule has 0 bridgehead atoms. The van der Waals surface area contributed by atoms with Crippen LogP contribution in [0.3, 0.4) is 0 Å². The van der Waals surface area contributed by atoms with Gasteiger partial charge in [0.1, 0.15) is 4.32 Å². The quantitative estimate of drug-likeness (QED) is 0.397. The molecule has 0 aliphatic carbocycles. The van der Waals surface area contributed by atoms with Crippen LogP contribution in [0.15, 0.2) is 23.1 Å². The summed E-state index contributed by atoms with van der Waals surface area (Å²) in [5.74, 6) is -2.60. The molecule has 10 heteroatoms. The van der Waals surface area contributed by atoms with Crippen LogP contribution in [0.5, 0.6) is 11.5 Å². The molecule has 0 unspecified atom stereocenters. The fourth-order valence-corrected chi connectivity index (χ4v) is 3.91. The van der Waals surface area contributed by atoms with Crippen LogP contribution in [0.4, 0.5) is 0 Å². The number of rotatable bonds is 9. The van der Waals surface area contributed by atoms with Crippen molar-refractivity contribution in [3.8, 4) is 11.5 Å². The van der Waals surface area contributed by atoms with Gasteiger partial charge in [0.2, 0.25) is 0 Å². The highest BCUT2D eigenvalue weighted by atomic mass is 32.2. The molecular formula is C18H17NO7S2-2. The monoisotopic (exact) mass is 423 g/mol. The van der Waals surface area contributed by atoms with Gasteiger partial charge in [-0.25, -0.2) is 0 Å². The van der Waals surface area contributed by atoms with Crippen LogP contribution in [0, 0.1) is 0 Å². The molecule has 8 nitrogen and oxygen atoms in total. The zero-order chi connectivity index (χ0) is 20.8. The minimum atomic E-state index is -1.58. The smallest absolute Gasteiger partial charge is 0.266 e. The number of hydrogen-bond acceptors (Lipinski definition) is 9. The number of benzene rings is 1. The van der Waals surface area contributed by atoms with Crippen molar-refractivity contribution in [2.45, 2.75) is 25.8 Å². The Morgan fingerprint density at radius 1 is 1.32 bits per heavy atom. The van der Waals surface area contributed by atoms with E-state index in [4.69, 9.17) is 21.7 Å². The Labute approximate surface area is 171 Å². The molecule has 1 aromatic carbocycles. The Hall–Kier alpha value is -2.59. The van der Waals surface area contributed by atoms with Crippen LogP contribution >= 0.6 is 24.0 Å². The van der Waals surface area contributed by atoms with Crippen LogP contribution in [-0.2, 0) is 14.4 Å². The van der Waals surface area contributed by atoms with Crippen LogP contribution in [0.1, 0.15) is 25.3 Å². The highest BCUT2D eigenvalue weighted by Gasteiger charge is 2.37. The number of aliphatic carboxylic acids is 2. The molecular weight excluding hydrogens is 406 g/mol. The zero-order valence-corrected chi connectivity index (χ0v) is 16.8. The minimum absolute atomic E-state index is 0.0155. The number of carbonyl (C=O) groups is 3. The van der Waals surface area contributed by atoms with Crippen molar-refractivity contribution in [1.82, 2.24) is 4.90 Å². The predicted molar refractivity (Wildman–Crippen MR) is 102 cm³/mol. The van der Waals surface area contributed by atoms with Gasteiger partial charge in [0.05, 0.1) is 30.6 Å². The molecule has 0 spiro atoms. The SMILES string of the molecule is CCOc1ccc(/C=C2\SC(=S)N([C@H](CCC(=O)[O-])C(=O)[O-])C2=O)cc1OC. The van der Waals surface area contributed by atoms with E-state index in [0.717, 1.165) is 16.7 Å². The van der Waals surface area contributed by atoms with E-state index in [1.807, 2.05) is 6.92 Å². The van der Waals surface area contributed by atoms with E-state index >= 15 is 0 Å². The lowest BCUT2D eigenvalue weighted by molar-refractivity contribution is -0.311. The standard InChI is InChI=1S/C18H19NO7S2/c1-3-26-12-6-4-10(8-13(12)25-2)9-14-16(22)19(18(27)28-14)11(17(23)24)5-7-15(20)21/h4,6,8-9,11H,3,5,7H2,1-2H3,(H,20,21)(H,23,24)/p-2/b14-9-/t11-/m1/s1. The number of carboxylic acids is 2. The first-order valence-corrected chi connectivity index (χ1v) is 9.49. The average Bonchev–Trinajstić information content (AvgIpc) is 2.90. The highest BCUT2D eigenvalue weighted by Crippen LogP contribution is 2.36. The van der Waals surface area contributed by atoms with E-state index in [0.29, 0.717) is 23.7 Å². The lowest BCUT2D eigenvalue weighted by Crippen LogP contribution is -2.50. The number of methoxy groups -OCH3 is 1. The summed E-state index contributed by atoms with van der Waals surface area (Å²) in [6, 6.07) is 3.60. The summed E-state index contributed by atoms with van der Waals surface area (Å²) in [7, 11) is 1.49. The topological polar surface area (TPSA) is 119 Å². The predicted octanol–water partition coefficient (Wildman–Crippen LogP) is -0.0563. The molecule has 1 saturated heterocycles. The number of carboxylic acid groups (broad SMARTS) is 2. The molecule has 1 aromatic rings. The van der Waals surface area contributed by atoms with Gasteiger partial charge in [-0.2, -0.15) is 0 Å². The number of thiocarbonyl (C=S) groups is 1. The van der Waals surface area contributed by atoms with Crippen molar-refractivity contribution in [2.24, 2.45) is 0 Å². The summed E-state index contributed by atoms with van der Waals surface area (Å²) in [6.07, 6.45) is 0.648. The molecule has 0 aromatic heterocycles. The van der Waals surface area contributed by atoms with E-state index in [1.165, 1.54) is 7.11 Å². The van der Waals surface area contributed by atoms with Gasteiger partial charge in [0.15, 0.2) is 11.5 Å². The summed E-state index contributed by atoms with van der Waals surface area (Å²) in [5.41, 5.74) is 0.625. The lowest BCUT2D eigenvalue weighted by atomic mass is 10.1. The number of thioether (sulfide) groups is 1. The summed E-state index contributed by atoms with van der Waals surface area (Å²) in [5, 5.41) is 22.0. The van der Waals surface area contributed by atoms with Gasteiger partial charge in [0, 0.05) is 5.97 Å². The molecule has 1 fully saturated rings. The number of amides is 1. The van der Waals surface area contributed by atoms with Gasteiger partial charge in [-0.15, -0.1) is 0 Å². The summed E-state index contributed by atoms with van der Waals surface area (Å²) >= 11 is 6.05. The largest absolute Gasteiger partial charge is 0.550 e. The first-order chi connectivity index (χ1) is 13.3. The van der Waals surface area contributed by atoms with E-state index in [9.17, 15) is 24.6 Å². The van der Waals surface area contributed by atoms with E-state index < -0.39 is 30.3 Å². The molecule has 1 atom stereocenters. The minimum Gasteiger partial charge on any atom is -0.550 e. The van der Waals surface area contributed by atoms with Crippen molar-refractivity contribution in [1.29, 1.82) is 0 Å². The van der Waals surface area contributed by atoms with Crippen LogP contribution in [-0.4, -0.2) is 46.8 Å². The molecule has 2 rings (SSSR count). The second-order valence-corrected chi connectivity index (χ2v) is 7.32. The van der Waals surface area contributed by atoms with Gasteiger partial charge in [0.25, 0.3) is 5.91 Å². The number of nitrogens with zero attached hydrogens (tertiary/aromatic N) is 1. The van der Waals surface area contributed by atoms with Crippen LogP contribution < -0.4 is 19.7 Å². The molecule has 0 saturated carbocycles. The van der Waals surface area contributed by atoms with Gasteiger partial charge in [-0.05, 0) is 43.5 Å². The third kappa shape index (κ3) is 5.02. The highest BCUT2D eigenvalue weighted by molar-refractivity contribution is 8.26. The van der Waals surface area contributed by atoms with E-state index in [-0.39, 0.29) is 15.6 Å². The third-order valence-corrected chi connectivity index (χ3v) is 5.14.